The number of aromatic nitrogens is 4. The van der Waals surface area contributed by atoms with Crippen molar-refractivity contribution >= 4 is 0 Å². The van der Waals surface area contributed by atoms with E-state index >= 15 is 0 Å². The van der Waals surface area contributed by atoms with Gasteiger partial charge in [-0.25, -0.2) is 0 Å². The molecule has 2 rings (SSSR count). The Morgan fingerprint density at radius 2 is 2.30 bits per heavy atom. The molecule has 1 N–H and O–H groups in total. The summed E-state index contributed by atoms with van der Waals surface area (Å²) in [5.41, 5.74) is 3.29. The molecule has 2 aromatic rings. The third-order valence-electron chi connectivity index (χ3n) is 3.14. The Hall–Kier alpha value is -2.01. The molecule has 106 valence electrons. The van der Waals surface area contributed by atoms with E-state index in [0.717, 1.165) is 30.9 Å². The first kappa shape index (κ1) is 14.4. The lowest BCUT2D eigenvalue weighted by molar-refractivity contribution is 0.538. The molecule has 0 saturated heterocycles. The molecule has 5 nitrogen and oxygen atoms in total. The molecular formula is C15H21N5. The summed E-state index contributed by atoms with van der Waals surface area (Å²) in [6.45, 7) is 9.47. The SMILES string of the molecule is C=CCn1cc(CN[C@H](C)Cc2cnccn2)c(C)n1. The molecular weight excluding hydrogens is 250 g/mol. The summed E-state index contributed by atoms with van der Waals surface area (Å²) < 4.78 is 1.91. The van der Waals surface area contributed by atoms with Crippen molar-refractivity contribution in [1.82, 2.24) is 25.1 Å². The Bertz CT molecular complexity index is 547. The number of allylic oxidation sites excluding steroid dienone is 1. The first-order valence-electron chi connectivity index (χ1n) is 6.81. The molecule has 0 saturated carbocycles. The van der Waals surface area contributed by atoms with Crippen LogP contribution in [0, 0.1) is 6.92 Å². The number of hydrogen-bond acceptors (Lipinski definition) is 4. The number of aryl methyl sites for hydroxylation is 1. The molecule has 0 amide bonds. The van der Waals surface area contributed by atoms with Crippen LogP contribution in [-0.4, -0.2) is 25.8 Å². The largest absolute Gasteiger partial charge is 0.310 e. The van der Waals surface area contributed by atoms with E-state index in [0.29, 0.717) is 6.04 Å². The molecule has 1 atom stereocenters. The molecule has 2 aromatic heterocycles. The van der Waals surface area contributed by atoms with Crippen LogP contribution in [0.1, 0.15) is 23.9 Å². The molecule has 0 radical (unpaired) electrons. The summed E-state index contributed by atoms with van der Waals surface area (Å²) in [7, 11) is 0. The third-order valence-corrected chi connectivity index (χ3v) is 3.14. The van der Waals surface area contributed by atoms with Crippen LogP contribution in [0.25, 0.3) is 0 Å². The van der Waals surface area contributed by atoms with Crippen LogP contribution in [-0.2, 0) is 19.5 Å². The summed E-state index contributed by atoms with van der Waals surface area (Å²) in [5, 5.41) is 7.94. The predicted molar refractivity (Wildman–Crippen MR) is 79.2 cm³/mol. The molecule has 0 aromatic carbocycles. The number of hydrogen-bond donors (Lipinski definition) is 1. The zero-order chi connectivity index (χ0) is 14.4. The monoisotopic (exact) mass is 271 g/mol. The van der Waals surface area contributed by atoms with Crippen molar-refractivity contribution in [3.05, 3.63) is 54.4 Å². The minimum absolute atomic E-state index is 0.342. The fourth-order valence-corrected chi connectivity index (χ4v) is 2.06. The average molecular weight is 271 g/mol. The molecule has 0 spiro atoms. The normalized spacial score (nSPS) is 12.3. The van der Waals surface area contributed by atoms with Gasteiger partial charge in [0, 0.05) is 49.4 Å². The van der Waals surface area contributed by atoms with Crippen molar-refractivity contribution in [3.63, 3.8) is 0 Å². The second kappa shape index (κ2) is 6.96. The Morgan fingerprint density at radius 1 is 1.45 bits per heavy atom. The van der Waals surface area contributed by atoms with Crippen molar-refractivity contribution in [2.24, 2.45) is 0 Å². The summed E-state index contributed by atoms with van der Waals surface area (Å²) in [5.74, 6) is 0. The van der Waals surface area contributed by atoms with Crippen molar-refractivity contribution in [3.8, 4) is 0 Å². The topological polar surface area (TPSA) is 55.6 Å². The van der Waals surface area contributed by atoms with Crippen molar-refractivity contribution < 1.29 is 0 Å². The number of nitrogens with one attached hydrogen (secondary N) is 1. The zero-order valence-corrected chi connectivity index (χ0v) is 12.1. The first-order chi connectivity index (χ1) is 9.69. The highest BCUT2D eigenvalue weighted by molar-refractivity contribution is 5.15. The Kier molecular flexibility index (Phi) is 5.01. The van der Waals surface area contributed by atoms with Crippen LogP contribution in [0.3, 0.4) is 0 Å². The van der Waals surface area contributed by atoms with Gasteiger partial charge in [-0.05, 0) is 13.8 Å². The standard InChI is InChI=1S/C15H21N5/c1-4-7-20-11-14(13(3)19-20)9-18-12(2)8-15-10-16-5-6-17-15/h4-6,10-12,18H,1,7-9H2,2-3H3/t12-/m1/s1. The van der Waals surface area contributed by atoms with E-state index in [4.69, 9.17) is 0 Å². The highest BCUT2D eigenvalue weighted by Crippen LogP contribution is 2.06. The van der Waals surface area contributed by atoms with E-state index in [1.807, 2.05) is 23.9 Å². The number of nitrogens with zero attached hydrogens (tertiary/aromatic N) is 4. The van der Waals surface area contributed by atoms with Gasteiger partial charge in [-0.15, -0.1) is 6.58 Å². The van der Waals surface area contributed by atoms with Gasteiger partial charge in [0.2, 0.25) is 0 Å². The van der Waals surface area contributed by atoms with Gasteiger partial charge in [-0.3, -0.25) is 14.6 Å². The summed E-state index contributed by atoms with van der Waals surface area (Å²) in [6, 6.07) is 0.342. The molecule has 0 unspecified atom stereocenters. The second-order valence-electron chi connectivity index (χ2n) is 4.93. The fraction of sp³-hybridized carbons (Fsp3) is 0.400. The van der Waals surface area contributed by atoms with Gasteiger partial charge in [-0.1, -0.05) is 6.08 Å². The third kappa shape index (κ3) is 3.99. The van der Waals surface area contributed by atoms with Gasteiger partial charge in [0.1, 0.15) is 0 Å². The Morgan fingerprint density at radius 3 is 3.00 bits per heavy atom. The first-order valence-corrected chi connectivity index (χ1v) is 6.81. The Balaban J connectivity index is 1.86. The molecule has 0 bridgehead atoms. The molecule has 2 heterocycles. The van der Waals surface area contributed by atoms with Crippen LogP contribution >= 0.6 is 0 Å². The lowest BCUT2D eigenvalue weighted by Gasteiger charge is -2.12. The maximum Gasteiger partial charge on any atom is 0.0638 e. The minimum Gasteiger partial charge on any atom is -0.310 e. The number of rotatable bonds is 7. The van der Waals surface area contributed by atoms with Crippen LogP contribution in [0.5, 0.6) is 0 Å². The van der Waals surface area contributed by atoms with Crippen molar-refractivity contribution in [2.75, 3.05) is 0 Å². The highest BCUT2D eigenvalue weighted by Gasteiger charge is 2.08. The van der Waals surface area contributed by atoms with E-state index in [1.54, 1.807) is 12.4 Å². The second-order valence-corrected chi connectivity index (χ2v) is 4.93. The van der Waals surface area contributed by atoms with Gasteiger partial charge in [0.05, 0.1) is 17.9 Å². The maximum atomic E-state index is 4.45. The van der Waals surface area contributed by atoms with Crippen LogP contribution < -0.4 is 5.32 Å². The minimum atomic E-state index is 0.342. The van der Waals surface area contributed by atoms with E-state index in [-0.39, 0.29) is 0 Å². The smallest absolute Gasteiger partial charge is 0.0638 e. The Labute approximate surface area is 119 Å². The van der Waals surface area contributed by atoms with Gasteiger partial charge in [0.25, 0.3) is 0 Å². The zero-order valence-electron chi connectivity index (χ0n) is 12.1. The average Bonchev–Trinajstić information content (AvgIpc) is 2.78. The molecule has 0 fully saturated rings. The fourth-order valence-electron chi connectivity index (χ4n) is 2.06. The van der Waals surface area contributed by atoms with Crippen molar-refractivity contribution in [1.29, 1.82) is 0 Å². The van der Waals surface area contributed by atoms with E-state index in [9.17, 15) is 0 Å². The highest BCUT2D eigenvalue weighted by atomic mass is 15.3. The van der Waals surface area contributed by atoms with Gasteiger partial charge >= 0.3 is 0 Å². The summed E-state index contributed by atoms with van der Waals surface area (Å²) in [4.78, 5) is 8.37. The molecule has 0 aliphatic carbocycles. The van der Waals surface area contributed by atoms with E-state index in [1.165, 1.54) is 5.56 Å². The predicted octanol–water partition coefficient (Wildman–Crippen LogP) is 1.89. The quantitative estimate of drug-likeness (QED) is 0.781. The van der Waals surface area contributed by atoms with E-state index < -0.39 is 0 Å². The summed E-state index contributed by atoms with van der Waals surface area (Å²) >= 11 is 0. The lowest BCUT2D eigenvalue weighted by atomic mass is 10.1. The lowest BCUT2D eigenvalue weighted by Crippen LogP contribution is -2.28. The molecule has 5 heteroatoms. The maximum absolute atomic E-state index is 4.45. The molecule has 0 aliphatic heterocycles. The molecule has 0 aliphatic rings. The molecule has 20 heavy (non-hydrogen) atoms. The van der Waals surface area contributed by atoms with Crippen molar-refractivity contribution in [2.45, 2.75) is 39.4 Å². The van der Waals surface area contributed by atoms with Gasteiger partial charge < -0.3 is 5.32 Å². The summed E-state index contributed by atoms with van der Waals surface area (Å²) in [6.07, 6.45) is 10.0. The van der Waals surface area contributed by atoms with Gasteiger partial charge in [0.15, 0.2) is 0 Å². The van der Waals surface area contributed by atoms with Crippen LogP contribution in [0.15, 0.2) is 37.4 Å². The van der Waals surface area contributed by atoms with Gasteiger partial charge in [-0.2, -0.15) is 5.10 Å². The van der Waals surface area contributed by atoms with E-state index in [2.05, 4.69) is 40.1 Å². The van der Waals surface area contributed by atoms with Crippen LogP contribution in [0.2, 0.25) is 0 Å². The van der Waals surface area contributed by atoms with Crippen LogP contribution in [0.4, 0.5) is 0 Å².